The average Bonchev–Trinajstić information content (AvgIpc) is 2.03. The molecule has 0 aliphatic carbocycles. The monoisotopic (exact) mass is 185 g/mol. The molecule has 0 bridgehead atoms. The van der Waals surface area contributed by atoms with E-state index in [-0.39, 0.29) is 18.2 Å². The number of amides is 1. The Morgan fingerprint density at radius 1 is 1.15 bits per heavy atom. The summed E-state index contributed by atoms with van der Waals surface area (Å²) >= 11 is 0. The normalized spacial score (nSPS) is 7.77. The van der Waals surface area contributed by atoms with E-state index >= 15 is 0 Å². The number of hydrogen-bond donors (Lipinski definition) is 1. The Morgan fingerprint density at radius 3 is 1.92 bits per heavy atom. The van der Waals surface area contributed by atoms with E-state index in [9.17, 15) is 9.59 Å². The molecule has 3 heteroatoms. The van der Waals surface area contributed by atoms with Crippen LogP contribution in [0.2, 0.25) is 0 Å². The van der Waals surface area contributed by atoms with Crippen molar-refractivity contribution in [2.75, 3.05) is 6.54 Å². The smallest absolute Gasteiger partial charge is 0.244 e. The fraction of sp³-hybridized carbons (Fsp3) is 0.600. The number of ketones is 1. The van der Waals surface area contributed by atoms with Gasteiger partial charge in [-0.15, -0.1) is 0 Å². The van der Waals surface area contributed by atoms with Gasteiger partial charge >= 0.3 is 0 Å². The van der Waals surface area contributed by atoms with Crippen molar-refractivity contribution in [1.29, 1.82) is 0 Å². The second-order valence-corrected chi connectivity index (χ2v) is 2.64. The van der Waals surface area contributed by atoms with Crippen LogP contribution in [-0.2, 0) is 9.59 Å². The van der Waals surface area contributed by atoms with E-state index in [1.165, 1.54) is 13.0 Å². The van der Waals surface area contributed by atoms with Crippen LogP contribution in [0.4, 0.5) is 0 Å². The number of carbonyl (C=O) groups excluding carboxylic acids is 2. The molecule has 1 N–H and O–H groups in total. The third-order valence-electron chi connectivity index (χ3n) is 0.931. The molecular formula is C10H19NO2. The lowest BCUT2D eigenvalue weighted by Gasteiger charge is -1.97. The zero-order valence-corrected chi connectivity index (χ0v) is 9.10. The van der Waals surface area contributed by atoms with E-state index in [4.69, 9.17) is 0 Å². The summed E-state index contributed by atoms with van der Waals surface area (Å²) < 4.78 is 0. The van der Waals surface area contributed by atoms with Crippen molar-refractivity contribution in [2.45, 2.75) is 34.6 Å². The lowest BCUT2D eigenvalue weighted by Crippen LogP contribution is -2.26. The highest BCUT2D eigenvalue weighted by molar-refractivity contribution is 5.91. The molecule has 0 spiro atoms. The molecular weight excluding hydrogens is 166 g/mol. The number of rotatable bonds is 3. The molecule has 0 aliphatic rings. The highest BCUT2D eigenvalue weighted by Gasteiger charge is 1.96. The molecule has 0 aromatic carbocycles. The maximum atomic E-state index is 10.8. The van der Waals surface area contributed by atoms with Crippen LogP contribution in [0.15, 0.2) is 11.6 Å². The molecule has 0 rings (SSSR count). The Bertz CT molecular complexity index is 191. The van der Waals surface area contributed by atoms with Crippen LogP contribution in [0, 0.1) is 0 Å². The molecule has 13 heavy (non-hydrogen) atoms. The van der Waals surface area contributed by atoms with Crippen LogP contribution in [0.5, 0.6) is 0 Å². The molecule has 0 aromatic heterocycles. The summed E-state index contributed by atoms with van der Waals surface area (Å²) in [6.45, 7) is 9.20. The molecule has 76 valence electrons. The molecule has 0 aliphatic heterocycles. The van der Waals surface area contributed by atoms with E-state index < -0.39 is 0 Å². The Morgan fingerprint density at radius 2 is 1.62 bits per heavy atom. The standard InChI is InChI=1S/C8H13NO2.C2H6/c1-6(2)4-8(11)9-5-7(3)10;1-2/h4H,5H2,1-3H3,(H,9,11);1-2H3. The Balaban J connectivity index is 0. The molecule has 0 fully saturated rings. The van der Waals surface area contributed by atoms with Gasteiger partial charge < -0.3 is 5.32 Å². The van der Waals surface area contributed by atoms with Crippen LogP contribution >= 0.6 is 0 Å². The first-order valence-corrected chi connectivity index (χ1v) is 4.44. The van der Waals surface area contributed by atoms with Crippen LogP contribution in [0.1, 0.15) is 34.6 Å². The fourth-order valence-electron chi connectivity index (χ4n) is 0.525. The summed E-state index contributed by atoms with van der Waals surface area (Å²) in [4.78, 5) is 21.2. The van der Waals surface area contributed by atoms with Gasteiger partial charge in [-0.3, -0.25) is 9.59 Å². The summed E-state index contributed by atoms with van der Waals surface area (Å²) in [5.74, 6) is -0.249. The summed E-state index contributed by atoms with van der Waals surface area (Å²) in [5.41, 5.74) is 0.922. The molecule has 0 unspecified atom stereocenters. The van der Waals surface area contributed by atoms with Gasteiger partial charge in [0.05, 0.1) is 6.54 Å². The first kappa shape index (κ1) is 14.4. The van der Waals surface area contributed by atoms with Gasteiger partial charge in [0.25, 0.3) is 0 Å². The van der Waals surface area contributed by atoms with Gasteiger partial charge in [0.2, 0.25) is 5.91 Å². The van der Waals surface area contributed by atoms with Crippen LogP contribution in [0.25, 0.3) is 0 Å². The van der Waals surface area contributed by atoms with Crippen molar-refractivity contribution < 1.29 is 9.59 Å². The summed E-state index contributed by atoms with van der Waals surface area (Å²) in [6.07, 6.45) is 1.46. The van der Waals surface area contributed by atoms with Crippen molar-refractivity contribution in [1.82, 2.24) is 5.32 Å². The largest absolute Gasteiger partial charge is 0.345 e. The Labute approximate surface area is 80.2 Å². The molecule has 0 saturated carbocycles. The molecule has 0 aromatic rings. The van der Waals surface area contributed by atoms with Gasteiger partial charge in [0.1, 0.15) is 5.78 Å². The van der Waals surface area contributed by atoms with Gasteiger partial charge in [-0.25, -0.2) is 0 Å². The van der Waals surface area contributed by atoms with Crippen molar-refractivity contribution in [2.24, 2.45) is 0 Å². The minimum absolute atomic E-state index is 0.0412. The maximum absolute atomic E-state index is 10.8. The third-order valence-corrected chi connectivity index (χ3v) is 0.931. The minimum Gasteiger partial charge on any atom is -0.345 e. The van der Waals surface area contributed by atoms with Crippen LogP contribution in [0.3, 0.4) is 0 Å². The molecule has 0 radical (unpaired) electrons. The molecule has 0 heterocycles. The lowest BCUT2D eigenvalue weighted by atomic mass is 10.3. The maximum Gasteiger partial charge on any atom is 0.244 e. The zero-order valence-electron chi connectivity index (χ0n) is 9.10. The van der Waals surface area contributed by atoms with Gasteiger partial charge in [-0.2, -0.15) is 0 Å². The van der Waals surface area contributed by atoms with E-state index in [0.29, 0.717) is 0 Å². The number of allylic oxidation sites excluding steroid dienone is 1. The Hall–Kier alpha value is -1.12. The highest BCUT2D eigenvalue weighted by atomic mass is 16.2. The fourth-order valence-corrected chi connectivity index (χ4v) is 0.525. The van der Waals surface area contributed by atoms with Gasteiger partial charge in [0, 0.05) is 6.08 Å². The van der Waals surface area contributed by atoms with E-state index in [0.717, 1.165) is 5.57 Å². The predicted molar refractivity (Wildman–Crippen MR) is 54.5 cm³/mol. The first-order chi connectivity index (χ1) is 6.02. The number of nitrogens with one attached hydrogen (secondary N) is 1. The van der Waals surface area contributed by atoms with Gasteiger partial charge in [0.15, 0.2) is 0 Å². The van der Waals surface area contributed by atoms with Crippen molar-refractivity contribution in [3.8, 4) is 0 Å². The van der Waals surface area contributed by atoms with Crippen LogP contribution < -0.4 is 5.32 Å². The Kier molecular flexibility index (Phi) is 9.94. The van der Waals surface area contributed by atoms with Crippen molar-refractivity contribution in [3.05, 3.63) is 11.6 Å². The molecule has 1 amide bonds. The van der Waals surface area contributed by atoms with E-state index in [1.54, 1.807) is 0 Å². The number of carbonyl (C=O) groups is 2. The summed E-state index contributed by atoms with van der Waals surface area (Å²) in [5, 5.41) is 2.45. The van der Waals surface area contributed by atoms with E-state index in [2.05, 4.69) is 5.32 Å². The SMILES string of the molecule is CC.CC(=O)CNC(=O)C=C(C)C. The second-order valence-electron chi connectivity index (χ2n) is 2.64. The highest BCUT2D eigenvalue weighted by Crippen LogP contribution is 1.86. The third kappa shape index (κ3) is 13.8. The molecule has 3 nitrogen and oxygen atoms in total. The van der Waals surface area contributed by atoms with Crippen molar-refractivity contribution in [3.63, 3.8) is 0 Å². The van der Waals surface area contributed by atoms with Crippen LogP contribution in [-0.4, -0.2) is 18.2 Å². The molecule has 0 saturated heterocycles. The number of hydrogen-bond acceptors (Lipinski definition) is 2. The van der Waals surface area contributed by atoms with Crippen molar-refractivity contribution >= 4 is 11.7 Å². The van der Waals surface area contributed by atoms with E-state index in [1.807, 2.05) is 27.7 Å². The first-order valence-electron chi connectivity index (χ1n) is 4.44. The lowest BCUT2D eigenvalue weighted by molar-refractivity contribution is -0.121. The molecule has 0 atom stereocenters. The van der Waals surface area contributed by atoms with Gasteiger partial charge in [-0.05, 0) is 20.8 Å². The van der Waals surface area contributed by atoms with Gasteiger partial charge in [-0.1, -0.05) is 19.4 Å². The summed E-state index contributed by atoms with van der Waals surface area (Å²) in [6, 6.07) is 0. The number of Topliss-reactive ketones (excluding diaryl/α,β-unsaturated/α-hetero) is 1. The topological polar surface area (TPSA) is 46.2 Å². The predicted octanol–water partition coefficient (Wildman–Crippen LogP) is 1.68. The quantitative estimate of drug-likeness (QED) is 0.680. The summed E-state index contributed by atoms with van der Waals surface area (Å²) in [7, 11) is 0. The zero-order chi connectivity index (χ0) is 10.9. The minimum atomic E-state index is -0.208. The average molecular weight is 185 g/mol. The second kappa shape index (κ2) is 8.97.